The van der Waals surface area contributed by atoms with Crippen molar-refractivity contribution < 1.29 is 14.3 Å². The van der Waals surface area contributed by atoms with E-state index in [1.807, 2.05) is 45.0 Å². The van der Waals surface area contributed by atoms with E-state index in [2.05, 4.69) is 20.4 Å². The van der Waals surface area contributed by atoms with E-state index in [1.54, 1.807) is 0 Å². The van der Waals surface area contributed by atoms with Crippen LogP contribution in [-0.2, 0) is 14.3 Å². The van der Waals surface area contributed by atoms with Crippen molar-refractivity contribution in [2.45, 2.75) is 39.7 Å². The SMILES string of the molecule is Cc1ccc(-n2c(C)cc(/C=N\NC(=O)C(=O)NC[C@H]3CCCO3)c2C)cc1Cl. The Kier molecular flexibility index (Phi) is 6.71. The van der Waals surface area contributed by atoms with Gasteiger partial charge in [-0.15, -0.1) is 0 Å². The first kappa shape index (κ1) is 21.1. The molecule has 154 valence electrons. The molecule has 2 amide bonds. The Morgan fingerprint density at radius 3 is 2.76 bits per heavy atom. The third-order valence-electron chi connectivity index (χ3n) is 4.97. The Labute approximate surface area is 175 Å². The van der Waals surface area contributed by atoms with E-state index in [0.717, 1.165) is 41.0 Å². The molecular weight excluding hydrogens is 392 g/mol. The van der Waals surface area contributed by atoms with Gasteiger partial charge in [0, 0.05) is 40.8 Å². The number of carbonyl (C=O) groups excluding carboxylic acids is 2. The van der Waals surface area contributed by atoms with E-state index in [9.17, 15) is 9.59 Å². The van der Waals surface area contributed by atoms with Gasteiger partial charge in [0.05, 0.1) is 12.3 Å². The van der Waals surface area contributed by atoms with Crippen molar-refractivity contribution in [2.24, 2.45) is 5.10 Å². The monoisotopic (exact) mass is 416 g/mol. The number of benzene rings is 1. The highest BCUT2D eigenvalue weighted by Crippen LogP contribution is 2.24. The summed E-state index contributed by atoms with van der Waals surface area (Å²) in [5.41, 5.74) is 7.02. The predicted octanol–water partition coefficient (Wildman–Crippen LogP) is 2.80. The molecule has 3 rings (SSSR count). The summed E-state index contributed by atoms with van der Waals surface area (Å²) in [7, 11) is 0. The molecule has 0 saturated carbocycles. The topological polar surface area (TPSA) is 84.7 Å². The zero-order chi connectivity index (χ0) is 21.0. The molecule has 0 spiro atoms. The van der Waals surface area contributed by atoms with Gasteiger partial charge in [-0.3, -0.25) is 9.59 Å². The molecule has 2 N–H and O–H groups in total. The lowest BCUT2D eigenvalue weighted by molar-refractivity contribution is -0.139. The fraction of sp³-hybridized carbons (Fsp3) is 0.381. The summed E-state index contributed by atoms with van der Waals surface area (Å²) in [6.45, 7) is 6.92. The minimum atomic E-state index is -0.807. The van der Waals surface area contributed by atoms with Crippen molar-refractivity contribution in [1.29, 1.82) is 0 Å². The highest BCUT2D eigenvalue weighted by Gasteiger charge is 2.19. The van der Waals surface area contributed by atoms with Crippen LogP contribution in [0.15, 0.2) is 29.4 Å². The van der Waals surface area contributed by atoms with Gasteiger partial charge in [-0.2, -0.15) is 5.10 Å². The summed E-state index contributed by atoms with van der Waals surface area (Å²) in [6.07, 6.45) is 3.38. The molecule has 1 saturated heterocycles. The number of hydrogen-bond donors (Lipinski definition) is 2. The van der Waals surface area contributed by atoms with E-state index in [-0.39, 0.29) is 6.10 Å². The summed E-state index contributed by atoms with van der Waals surface area (Å²) in [6, 6.07) is 7.84. The number of hydrogen-bond acceptors (Lipinski definition) is 4. The number of aromatic nitrogens is 1. The second kappa shape index (κ2) is 9.24. The second-order valence-electron chi connectivity index (χ2n) is 7.14. The van der Waals surface area contributed by atoms with E-state index < -0.39 is 11.8 Å². The first-order valence-corrected chi connectivity index (χ1v) is 9.93. The maximum absolute atomic E-state index is 11.9. The summed E-state index contributed by atoms with van der Waals surface area (Å²) >= 11 is 6.26. The van der Waals surface area contributed by atoms with Crippen LogP contribution in [0.3, 0.4) is 0 Å². The molecular formula is C21H25ClN4O3. The normalized spacial score (nSPS) is 16.3. The van der Waals surface area contributed by atoms with Crippen molar-refractivity contribution in [3.8, 4) is 5.69 Å². The average molecular weight is 417 g/mol. The zero-order valence-corrected chi connectivity index (χ0v) is 17.5. The quantitative estimate of drug-likeness (QED) is 0.446. The molecule has 0 bridgehead atoms. The molecule has 0 radical (unpaired) electrons. The Morgan fingerprint density at radius 1 is 1.28 bits per heavy atom. The van der Waals surface area contributed by atoms with Crippen LogP contribution >= 0.6 is 11.6 Å². The molecule has 1 aromatic carbocycles. The van der Waals surface area contributed by atoms with E-state index in [4.69, 9.17) is 16.3 Å². The van der Waals surface area contributed by atoms with Gasteiger partial charge in [0.2, 0.25) is 0 Å². The lowest BCUT2D eigenvalue weighted by Crippen LogP contribution is -2.41. The maximum atomic E-state index is 11.9. The van der Waals surface area contributed by atoms with Crippen molar-refractivity contribution in [3.05, 3.63) is 51.8 Å². The summed E-state index contributed by atoms with van der Waals surface area (Å²) in [4.78, 5) is 23.7. The van der Waals surface area contributed by atoms with Gasteiger partial charge in [0.15, 0.2) is 0 Å². The zero-order valence-electron chi connectivity index (χ0n) is 16.8. The van der Waals surface area contributed by atoms with Crippen LogP contribution in [-0.4, -0.2) is 41.9 Å². The number of halogens is 1. The Bertz CT molecular complexity index is 946. The predicted molar refractivity (Wildman–Crippen MR) is 113 cm³/mol. The lowest BCUT2D eigenvalue weighted by atomic mass is 10.2. The number of rotatable bonds is 5. The molecule has 1 aliphatic rings. The molecule has 2 heterocycles. The van der Waals surface area contributed by atoms with Crippen LogP contribution in [0, 0.1) is 20.8 Å². The summed E-state index contributed by atoms with van der Waals surface area (Å²) in [5, 5.41) is 7.19. The van der Waals surface area contributed by atoms with Gasteiger partial charge in [-0.05, 0) is 57.4 Å². The summed E-state index contributed by atoms with van der Waals surface area (Å²) < 4.78 is 7.47. The molecule has 8 heteroatoms. The van der Waals surface area contributed by atoms with Crippen LogP contribution in [0.1, 0.15) is 35.4 Å². The highest BCUT2D eigenvalue weighted by molar-refractivity contribution is 6.35. The van der Waals surface area contributed by atoms with Crippen LogP contribution < -0.4 is 10.7 Å². The molecule has 1 fully saturated rings. The minimum Gasteiger partial charge on any atom is -0.376 e. The first-order chi connectivity index (χ1) is 13.9. The third-order valence-corrected chi connectivity index (χ3v) is 5.38. The number of carbonyl (C=O) groups is 2. The van der Waals surface area contributed by atoms with Crippen LogP contribution in [0.5, 0.6) is 0 Å². The molecule has 1 atom stereocenters. The van der Waals surface area contributed by atoms with Crippen LogP contribution in [0.2, 0.25) is 5.02 Å². The van der Waals surface area contributed by atoms with Crippen molar-refractivity contribution in [1.82, 2.24) is 15.3 Å². The van der Waals surface area contributed by atoms with E-state index >= 15 is 0 Å². The average Bonchev–Trinajstić information content (AvgIpc) is 3.30. The van der Waals surface area contributed by atoms with Crippen LogP contribution in [0.25, 0.3) is 5.69 Å². The minimum absolute atomic E-state index is 0.0177. The van der Waals surface area contributed by atoms with Crippen molar-refractivity contribution in [2.75, 3.05) is 13.2 Å². The molecule has 29 heavy (non-hydrogen) atoms. The number of amides is 2. The second-order valence-corrected chi connectivity index (χ2v) is 7.55. The lowest BCUT2D eigenvalue weighted by Gasteiger charge is -2.11. The molecule has 0 aliphatic carbocycles. The Balaban J connectivity index is 1.62. The number of aryl methyl sites for hydroxylation is 2. The molecule has 0 unspecified atom stereocenters. The van der Waals surface area contributed by atoms with Gasteiger partial charge < -0.3 is 14.6 Å². The molecule has 2 aromatic rings. The summed E-state index contributed by atoms with van der Waals surface area (Å²) in [5.74, 6) is -1.53. The molecule has 7 nitrogen and oxygen atoms in total. The van der Waals surface area contributed by atoms with E-state index in [0.29, 0.717) is 18.2 Å². The van der Waals surface area contributed by atoms with E-state index in [1.165, 1.54) is 6.21 Å². The van der Waals surface area contributed by atoms with Gasteiger partial charge >= 0.3 is 11.8 Å². The van der Waals surface area contributed by atoms with Gasteiger partial charge in [0.1, 0.15) is 0 Å². The number of nitrogens with zero attached hydrogens (tertiary/aromatic N) is 2. The van der Waals surface area contributed by atoms with Gasteiger partial charge in [-0.25, -0.2) is 5.43 Å². The largest absolute Gasteiger partial charge is 0.376 e. The third kappa shape index (κ3) is 5.05. The Morgan fingerprint density at radius 2 is 2.07 bits per heavy atom. The first-order valence-electron chi connectivity index (χ1n) is 9.55. The highest BCUT2D eigenvalue weighted by atomic mass is 35.5. The number of nitrogens with one attached hydrogen (secondary N) is 2. The molecule has 1 aliphatic heterocycles. The maximum Gasteiger partial charge on any atom is 0.329 e. The number of hydrazone groups is 1. The standard InChI is InChI=1S/C21H25ClN4O3/c1-13-6-7-17(10-19(13)22)26-14(2)9-16(15(26)3)11-24-25-21(28)20(27)23-12-18-5-4-8-29-18/h6-7,9-11,18H,4-5,8,12H2,1-3H3,(H,23,27)(H,25,28)/b24-11-/t18-/m1/s1. The molecule has 1 aromatic heterocycles. The number of ether oxygens (including phenoxy) is 1. The smallest absolute Gasteiger partial charge is 0.329 e. The fourth-order valence-corrected chi connectivity index (χ4v) is 3.51. The van der Waals surface area contributed by atoms with Gasteiger partial charge in [0.25, 0.3) is 0 Å². The van der Waals surface area contributed by atoms with Gasteiger partial charge in [-0.1, -0.05) is 17.7 Å². The fourth-order valence-electron chi connectivity index (χ4n) is 3.34. The van der Waals surface area contributed by atoms with Crippen LogP contribution in [0.4, 0.5) is 0 Å². The van der Waals surface area contributed by atoms with Crippen molar-refractivity contribution >= 4 is 29.6 Å². The Hall–Kier alpha value is -2.64. The van der Waals surface area contributed by atoms with Crippen molar-refractivity contribution in [3.63, 3.8) is 0 Å².